The van der Waals surface area contributed by atoms with Gasteiger partial charge >= 0.3 is 0 Å². The molecular formula is C10H8N2OS. The van der Waals surface area contributed by atoms with Crippen molar-refractivity contribution in [3.05, 3.63) is 29.3 Å². The largest absolute Gasteiger partial charge is 0.508 e. The van der Waals surface area contributed by atoms with Gasteiger partial charge in [-0.25, -0.2) is 4.98 Å². The number of phenols is 1. The van der Waals surface area contributed by atoms with E-state index < -0.39 is 0 Å². The van der Waals surface area contributed by atoms with Gasteiger partial charge in [-0.2, -0.15) is 0 Å². The molecule has 0 spiro atoms. The fourth-order valence-corrected chi connectivity index (χ4v) is 2.54. The van der Waals surface area contributed by atoms with Crippen molar-refractivity contribution in [3.8, 4) is 5.75 Å². The van der Waals surface area contributed by atoms with Gasteiger partial charge in [-0.3, -0.25) is 4.40 Å². The summed E-state index contributed by atoms with van der Waals surface area (Å²) in [5.41, 5.74) is 3.08. The molecule has 3 aromatic rings. The summed E-state index contributed by atoms with van der Waals surface area (Å²) in [6.07, 6.45) is 0. The molecule has 4 heteroatoms. The van der Waals surface area contributed by atoms with Gasteiger partial charge in [-0.15, -0.1) is 11.3 Å². The number of aromatic hydroxyl groups is 1. The van der Waals surface area contributed by atoms with Crippen LogP contribution in [0.25, 0.3) is 16.0 Å². The van der Waals surface area contributed by atoms with Gasteiger partial charge in [0.1, 0.15) is 5.75 Å². The number of fused-ring (bicyclic) bond motifs is 3. The average molecular weight is 204 g/mol. The third-order valence-electron chi connectivity index (χ3n) is 2.29. The quantitative estimate of drug-likeness (QED) is 0.611. The Morgan fingerprint density at radius 2 is 2.29 bits per heavy atom. The van der Waals surface area contributed by atoms with E-state index in [1.54, 1.807) is 23.5 Å². The molecule has 0 aliphatic heterocycles. The van der Waals surface area contributed by atoms with Crippen molar-refractivity contribution < 1.29 is 5.11 Å². The molecule has 1 aromatic carbocycles. The van der Waals surface area contributed by atoms with E-state index in [1.807, 2.05) is 6.07 Å². The van der Waals surface area contributed by atoms with Crippen molar-refractivity contribution in [2.24, 2.45) is 0 Å². The number of imidazole rings is 1. The number of phenolic OH excluding ortho intramolecular Hbond substituents is 1. The standard InChI is InChI=1S/C10H8N2OS/c1-6-5-14-10-11-8-4-7(13)2-3-9(8)12(6)10/h2-5,13H,1H3. The van der Waals surface area contributed by atoms with Crippen molar-refractivity contribution in [3.63, 3.8) is 0 Å². The van der Waals surface area contributed by atoms with E-state index in [2.05, 4.69) is 21.7 Å². The molecule has 0 saturated heterocycles. The molecule has 0 saturated carbocycles. The molecule has 0 aliphatic rings. The summed E-state index contributed by atoms with van der Waals surface area (Å²) >= 11 is 1.62. The Hall–Kier alpha value is -1.55. The van der Waals surface area contributed by atoms with Gasteiger partial charge in [-0.1, -0.05) is 0 Å². The summed E-state index contributed by atoms with van der Waals surface area (Å²) in [6.45, 7) is 2.05. The van der Waals surface area contributed by atoms with Crippen LogP contribution in [0.5, 0.6) is 5.75 Å². The van der Waals surface area contributed by atoms with E-state index in [9.17, 15) is 5.11 Å². The molecule has 0 atom stereocenters. The lowest BCUT2D eigenvalue weighted by Gasteiger charge is -1.93. The van der Waals surface area contributed by atoms with Crippen LogP contribution in [0.2, 0.25) is 0 Å². The Morgan fingerprint density at radius 1 is 1.43 bits per heavy atom. The molecule has 70 valence electrons. The van der Waals surface area contributed by atoms with Crippen molar-refractivity contribution >= 4 is 27.3 Å². The molecule has 2 aromatic heterocycles. The van der Waals surface area contributed by atoms with Crippen LogP contribution in [0.4, 0.5) is 0 Å². The third-order valence-corrected chi connectivity index (χ3v) is 3.24. The Labute approximate surface area is 84.3 Å². The SMILES string of the molecule is Cc1csc2nc3cc(O)ccc3n12. The van der Waals surface area contributed by atoms with Crippen LogP contribution in [0, 0.1) is 6.92 Å². The van der Waals surface area contributed by atoms with Gasteiger partial charge in [0, 0.05) is 17.1 Å². The van der Waals surface area contributed by atoms with Crippen molar-refractivity contribution in [1.29, 1.82) is 0 Å². The Bertz CT molecular complexity index is 623. The topological polar surface area (TPSA) is 37.5 Å². The first-order valence-electron chi connectivity index (χ1n) is 4.31. The molecule has 0 aliphatic carbocycles. The number of hydrogen-bond donors (Lipinski definition) is 1. The van der Waals surface area contributed by atoms with Gasteiger partial charge < -0.3 is 5.11 Å². The predicted molar refractivity (Wildman–Crippen MR) is 57.0 cm³/mol. The van der Waals surface area contributed by atoms with Crippen LogP contribution in [0.1, 0.15) is 5.69 Å². The highest BCUT2D eigenvalue weighted by atomic mass is 32.1. The van der Waals surface area contributed by atoms with Crippen molar-refractivity contribution in [2.75, 3.05) is 0 Å². The molecule has 2 heterocycles. The summed E-state index contributed by atoms with van der Waals surface area (Å²) in [4.78, 5) is 5.39. The molecule has 3 rings (SSSR count). The van der Waals surface area contributed by atoms with Crippen LogP contribution in [0.15, 0.2) is 23.6 Å². The highest BCUT2D eigenvalue weighted by Gasteiger charge is 2.07. The summed E-state index contributed by atoms with van der Waals surface area (Å²) in [7, 11) is 0. The van der Waals surface area contributed by atoms with E-state index in [0.29, 0.717) is 0 Å². The maximum absolute atomic E-state index is 9.32. The van der Waals surface area contributed by atoms with Gasteiger partial charge in [0.2, 0.25) is 0 Å². The van der Waals surface area contributed by atoms with Crippen LogP contribution in [-0.4, -0.2) is 14.5 Å². The fraction of sp³-hybridized carbons (Fsp3) is 0.100. The molecule has 14 heavy (non-hydrogen) atoms. The molecule has 0 fully saturated rings. The van der Waals surface area contributed by atoms with Gasteiger partial charge in [-0.05, 0) is 19.1 Å². The highest BCUT2D eigenvalue weighted by Crippen LogP contribution is 2.25. The second kappa shape index (κ2) is 2.48. The minimum absolute atomic E-state index is 0.265. The number of benzene rings is 1. The number of thiazole rings is 1. The van der Waals surface area contributed by atoms with Gasteiger partial charge in [0.25, 0.3) is 0 Å². The molecule has 0 amide bonds. The Morgan fingerprint density at radius 3 is 3.14 bits per heavy atom. The van der Waals surface area contributed by atoms with E-state index in [1.165, 1.54) is 5.69 Å². The Balaban J connectivity index is 2.58. The summed E-state index contributed by atoms with van der Waals surface area (Å²) < 4.78 is 2.10. The zero-order valence-corrected chi connectivity index (χ0v) is 8.38. The maximum atomic E-state index is 9.32. The summed E-state index contributed by atoms with van der Waals surface area (Å²) in [5, 5.41) is 11.4. The molecule has 0 unspecified atom stereocenters. The van der Waals surface area contributed by atoms with Gasteiger partial charge in [0.15, 0.2) is 4.96 Å². The first-order valence-corrected chi connectivity index (χ1v) is 5.19. The number of hydrogen-bond acceptors (Lipinski definition) is 3. The van der Waals surface area contributed by atoms with E-state index in [-0.39, 0.29) is 5.75 Å². The molecular weight excluding hydrogens is 196 g/mol. The monoisotopic (exact) mass is 204 g/mol. The van der Waals surface area contributed by atoms with Crippen LogP contribution in [0.3, 0.4) is 0 Å². The first-order chi connectivity index (χ1) is 6.75. The van der Waals surface area contributed by atoms with Crippen molar-refractivity contribution in [1.82, 2.24) is 9.38 Å². The number of aryl methyl sites for hydroxylation is 1. The zero-order valence-electron chi connectivity index (χ0n) is 7.56. The average Bonchev–Trinajstić information content (AvgIpc) is 2.66. The summed E-state index contributed by atoms with van der Waals surface area (Å²) in [6, 6.07) is 5.27. The van der Waals surface area contributed by atoms with Crippen LogP contribution in [-0.2, 0) is 0 Å². The number of nitrogens with zero attached hydrogens (tertiary/aromatic N) is 2. The maximum Gasteiger partial charge on any atom is 0.194 e. The molecule has 1 N–H and O–H groups in total. The lowest BCUT2D eigenvalue weighted by atomic mass is 10.3. The lowest BCUT2D eigenvalue weighted by Crippen LogP contribution is -1.81. The number of aromatic nitrogens is 2. The normalized spacial score (nSPS) is 11.5. The van der Waals surface area contributed by atoms with Crippen LogP contribution < -0.4 is 0 Å². The van der Waals surface area contributed by atoms with Gasteiger partial charge in [0.05, 0.1) is 11.0 Å². The fourth-order valence-electron chi connectivity index (χ4n) is 1.66. The van der Waals surface area contributed by atoms with E-state index in [0.717, 1.165) is 16.0 Å². The van der Waals surface area contributed by atoms with Crippen molar-refractivity contribution in [2.45, 2.75) is 6.92 Å². The smallest absolute Gasteiger partial charge is 0.194 e. The molecule has 0 radical (unpaired) electrons. The second-order valence-electron chi connectivity index (χ2n) is 3.28. The second-order valence-corrected chi connectivity index (χ2v) is 4.12. The minimum atomic E-state index is 0.265. The lowest BCUT2D eigenvalue weighted by molar-refractivity contribution is 0.476. The summed E-state index contributed by atoms with van der Waals surface area (Å²) in [5.74, 6) is 0.265. The molecule has 3 nitrogen and oxygen atoms in total. The predicted octanol–water partition coefficient (Wildman–Crippen LogP) is 2.56. The minimum Gasteiger partial charge on any atom is -0.508 e. The first kappa shape index (κ1) is 7.82. The van der Waals surface area contributed by atoms with E-state index in [4.69, 9.17) is 0 Å². The van der Waals surface area contributed by atoms with E-state index >= 15 is 0 Å². The zero-order chi connectivity index (χ0) is 9.71. The molecule has 0 bridgehead atoms. The highest BCUT2D eigenvalue weighted by molar-refractivity contribution is 7.15. The number of rotatable bonds is 0. The van der Waals surface area contributed by atoms with Crippen LogP contribution >= 0.6 is 11.3 Å². The Kier molecular flexibility index (Phi) is 1.39. The third kappa shape index (κ3) is 0.886.